The van der Waals surface area contributed by atoms with Crippen molar-refractivity contribution >= 4 is 11.7 Å². The average Bonchev–Trinajstić information content (AvgIpc) is 2.44. The SMILES string of the molecule is CCCCCNc1ccc(C(=O)NCCC(C)C)cn1. The van der Waals surface area contributed by atoms with Gasteiger partial charge < -0.3 is 10.6 Å². The molecule has 0 aliphatic rings. The van der Waals surface area contributed by atoms with Crippen molar-refractivity contribution in [2.24, 2.45) is 5.92 Å². The van der Waals surface area contributed by atoms with E-state index in [9.17, 15) is 4.79 Å². The van der Waals surface area contributed by atoms with Crippen molar-refractivity contribution in [1.29, 1.82) is 0 Å². The minimum atomic E-state index is -0.0457. The standard InChI is InChI=1S/C16H27N3O/c1-4-5-6-10-17-15-8-7-14(12-19-15)16(20)18-11-9-13(2)3/h7-8,12-13H,4-6,9-11H2,1-3H3,(H,17,19)(H,18,20). The van der Waals surface area contributed by atoms with E-state index >= 15 is 0 Å². The number of hydrogen-bond acceptors (Lipinski definition) is 3. The molecule has 2 N–H and O–H groups in total. The van der Waals surface area contributed by atoms with Crippen molar-refractivity contribution in [3.63, 3.8) is 0 Å². The van der Waals surface area contributed by atoms with Gasteiger partial charge in [-0.25, -0.2) is 4.98 Å². The Morgan fingerprint density at radius 2 is 2.05 bits per heavy atom. The summed E-state index contributed by atoms with van der Waals surface area (Å²) in [5.41, 5.74) is 0.618. The molecule has 0 saturated carbocycles. The number of nitrogens with one attached hydrogen (secondary N) is 2. The Kier molecular flexibility index (Phi) is 7.70. The van der Waals surface area contributed by atoms with Crippen molar-refractivity contribution in [2.45, 2.75) is 46.5 Å². The fourth-order valence-corrected chi connectivity index (χ4v) is 1.80. The minimum absolute atomic E-state index is 0.0457. The van der Waals surface area contributed by atoms with Gasteiger partial charge in [0.1, 0.15) is 5.82 Å². The highest BCUT2D eigenvalue weighted by Crippen LogP contribution is 2.06. The molecule has 4 nitrogen and oxygen atoms in total. The van der Waals surface area contributed by atoms with Crippen LogP contribution in [0.25, 0.3) is 0 Å². The lowest BCUT2D eigenvalue weighted by Crippen LogP contribution is -2.25. The van der Waals surface area contributed by atoms with Crippen LogP contribution in [0.5, 0.6) is 0 Å². The highest BCUT2D eigenvalue weighted by Gasteiger charge is 2.05. The van der Waals surface area contributed by atoms with Crippen LogP contribution in [-0.2, 0) is 0 Å². The summed E-state index contributed by atoms with van der Waals surface area (Å²) in [5, 5.41) is 6.17. The lowest BCUT2D eigenvalue weighted by atomic mass is 10.1. The fourth-order valence-electron chi connectivity index (χ4n) is 1.80. The average molecular weight is 277 g/mol. The van der Waals surface area contributed by atoms with Gasteiger partial charge in [-0.15, -0.1) is 0 Å². The van der Waals surface area contributed by atoms with E-state index in [4.69, 9.17) is 0 Å². The number of carbonyl (C=O) groups excluding carboxylic acids is 1. The van der Waals surface area contributed by atoms with E-state index in [1.165, 1.54) is 12.8 Å². The van der Waals surface area contributed by atoms with Gasteiger partial charge in [-0.05, 0) is 30.9 Å². The third kappa shape index (κ3) is 6.55. The molecule has 1 heterocycles. The van der Waals surface area contributed by atoms with E-state index in [0.29, 0.717) is 18.0 Å². The van der Waals surface area contributed by atoms with E-state index in [2.05, 4.69) is 36.4 Å². The molecule has 1 rings (SSSR count). The van der Waals surface area contributed by atoms with Crippen LogP contribution in [0.1, 0.15) is 56.8 Å². The zero-order chi connectivity index (χ0) is 14.8. The molecule has 1 aromatic rings. The molecule has 0 aliphatic carbocycles. The monoisotopic (exact) mass is 277 g/mol. The van der Waals surface area contributed by atoms with Crippen molar-refractivity contribution in [3.8, 4) is 0 Å². The Labute approximate surface area is 122 Å². The van der Waals surface area contributed by atoms with Crippen LogP contribution in [0, 0.1) is 5.92 Å². The maximum Gasteiger partial charge on any atom is 0.252 e. The van der Waals surface area contributed by atoms with Gasteiger partial charge in [0.05, 0.1) is 5.56 Å². The molecular formula is C16H27N3O. The minimum Gasteiger partial charge on any atom is -0.370 e. The van der Waals surface area contributed by atoms with Gasteiger partial charge in [-0.2, -0.15) is 0 Å². The third-order valence-corrected chi connectivity index (χ3v) is 3.12. The van der Waals surface area contributed by atoms with Crippen molar-refractivity contribution in [2.75, 3.05) is 18.4 Å². The van der Waals surface area contributed by atoms with Gasteiger partial charge in [-0.3, -0.25) is 4.79 Å². The molecule has 20 heavy (non-hydrogen) atoms. The van der Waals surface area contributed by atoms with Crippen LogP contribution < -0.4 is 10.6 Å². The second-order valence-corrected chi connectivity index (χ2v) is 5.50. The fraction of sp³-hybridized carbons (Fsp3) is 0.625. The smallest absolute Gasteiger partial charge is 0.252 e. The van der Waals surface area contributed by atoms with Gasteiger partial charge >= 0.3 is 0 Å². The molecule has 0 unspecified atom stereocenters. The predicted molar refractivity (Wildman–Crippen MR) is 84.0 cm³/mol. The normalized spacial score (nSPS) is 10.6. The number of carbonyl (C=O) groups is 1. The highest BCUT2D eigenvalue weighted by molar-refractivity contribution is 5.93. The molecule has 1 aromatic heterocycles. The number of unbranched alkanes of at least 4 members (excludes halogenated alkanes) is 2. The van der Waals surface area contributed by atoms with Crippen LogP contribution in [0.2, 0.25) is 0 Å². The van der Waals surface area contributed by atoms with Crippen LogP contribution in [0.4, 0.5) is 5.82 Å². The van der Waals surface area contributed by atoms with Crippen LogP contribution >= 0.6 is 0 Å². The van der Waals surface area contributed by atoms with Crippen molar-refractivity contribution in [1.82, 2.24) is 10.3 Å². The van der Waals surface area contributed by atoms with Gasteiger partial charge in [0.2, 0.25) is 0 Å². The topological polar surface area (TPSA) is 54.0 Å². The molecule has 0 bridgehead atoms. The lowest BCUT2D eigenvalue weighted by Gasteiger charge is -2.08. The third-order valence-electron chi connectivity index (χ3n) is 3.12. The second-order valence-electron chi connectivity index (χ2n) is 5.50. The molecule has 0 spiro atoms. The number of nitrogens with zero attached hydrogens (tertiary/aromatic N) is 1. The van der Waals surface area contributed by atoms with E-state index in [-0.39, 0.29) is 5.91 Å². The first-order valence-corrected chi connectivity index (χ1v) is 7.61. The zero-order valence-electron chi connectivity index (χ0n) is 12.9. The maximum absolute atomic E-state index is 11.9. The van der Waals surface area contributed by atoms with Gasteiger partial charge in [0.25, 0.3) is 5.91 Å². The summed E-state index contributed by atoms with van der Waals surface area (Å²) < 4.78 is 0. The maximum atomic E-state index is 11.9. The lowest BCUT2D eigenvalue weighted by molar-refractivity contribution is 0.0951. The van der Waals surface area contributed by atoms with Crippen molar-refractivity contribution in [3.05, 3.63) is 23.9 Å². The summed E-state index contributed by atoms with van der Waals surface area (Å²) in [6.07, 6.45) is 6.21. The number of aromatic nitrogens is 1. The second kappa shape index (κ2) is 9.34. The summed E-state index contributed by atoms with van der Waals surface area (Å²) in [6, 6.07) is 3.68. The first-order valence-electron chi connectivity index (χ1n) is 7.61. The summed E-state index contributed by atoms with van der Waals surface area (Å²) in [5.74, 6) is 1.39. The van der Waals surface area contributed by atoms with E-state index < -0.39 is 0 Å². The molecule has 0 saturated heterocycles. The number of pyridine rings is 1. The summed E-state index contributed by atoms with van der Waals surface area (Å²) in [4.78, 5) is 16.1. The first kappa shape index (κ1) is 16.5. The quantitative estimate of drug-likeness (QED) is 0.680. The van der Waals surface area contributed by atoms with Crippen LogP contribution in [-0.4, -0.2) is 24.0 Å². The molecule has 0 aliphatic heterocycles. The molecular weight excluding hydrogens is 250 g/mol. The Morgan fingerprint density at radius 3 is 2.65 bits per heavy atom. The number of rotatable bonds is 9. The van der Waals surface area contributed by atoms with E-state index in [0.717, 1.165) is 25.2 Å². The number of amides is 1. The summed E-state index contributed by atoms with van der Waals surface area (Å²) in [6.45, 7) is 8.12. The molecule has 0 radical (unpaired) electrons. The predicted octanol–water partition coefficient (Wildman–Crippen LogP) is 3.46. The van der Waals surface area contributed by atoms with Gasteiger partial charge in [-0.1, -0.05) is 33.6 Å². The molecule has 112 valence electrons. The zero-order valence-corrected chi connectivity index (χ0v) is 12.9. The molecule has 4 heteroatoms. The number of hydrogen-bond donors (Lipinski definition) is 2. The Morgan fingerprint density at radius 1 is 1.25 bits per heavy atom. The largest absolute Gasteiger partial charge is 0.370 e. The summed E-state index contributed by atoms with van der Waals surface area (Å²) in [7, 11) is 0. The number of anilines is 1. The van der Waals surface area contributed by atoms with E-state index in [1.54, 1.807) is 6.20 Å². The van der Waals surface area contributed by atoms with E-state index in [1.807, 2.05) is 12.1 Å². The first-order chi connectivity index (χ1) is 9.63. The van der Waals surface area contributed by atoms with Gasteiger partial charge in [0.15, 0.2) is 0 Å². The molecule has 1 amide bonds. The Hall–Kier alpha value is -1.58. The Balaban J connectivity index is 2.35. The van der Waals surface area contributed by atoms with Crippen LogP contribution in [0.3, 0.4) is 0 Å². The molecule has 0 atom stereocenters. The Bertz CT molecular complexity index is 387. The van der Waals surface area contributed by atoms with Gasteiger partial charge in [0, 0.05) is 19.3 Å². The molecule has 0 aromatic carbocycles. The molecule has 0 fully saturated rings. The van der Waals surface area contributed by atoms with Crippen molar-refractivity contribution < 1.29 is 4.79 Å². The van der Waals surface area contributed by atoms with Crippen LogP contribution in [0.15, 0.2) is 18.3 Å². The highest BCUT2D eigenvalue weighted by atomic mass is 16.1. The summed E-state index contributed by atoms with van der Waals surface area (Å²) >= 11 is 0.